The van der Waals surface area contributed by atoms with Crippen molar-refractivity contribution in [3.8, 4) is 34.2 Å². The highest BCUT2D eigenvalue weighted by Crippen LogP contribution is 2.38. The molecule has 0 amide bonds. The van der Waals surface area contributed by atoms with E-state index in [9.17, 15) is 10.5 Å². The van der Waals surface area contributed by atoms with Gasteiger partial charge in [-0.05, 0) is 24.6 Å². The van der Waals surface area contributed by atoms with E-state index in [1.807, 2.05) is 5.38 Å². The van der Waals surface area contributed by atoms with Gasteiger partial charge in [-0.15, -0.1) is 11.3 Å². The fraction of sp³-hybridized carbons (Fsp3) is 0.286. The van der Waals surface area contributed by atoms with Crippen molar-refractivity contribution in [3.05, 3.63) is 40.9 Å². The number of rotatable bonds is 3. The molecule has 3 aromatic rings. The van der Waals surface area contributed by atoms with Crippen molar-refractivity contribution in [2.75, 3.05) is 30.3 Å². The summed E-state index contributed by atoms with van der Waals surface area (Å²) in [6.45, 7) is 2.35. The minimum Gasteiger partial charge on any atom is -0.398 e. The van der Waals surface area contributed by atoms with Crippen LogP contribution in [-0.2, 0) is 4.74 Å². The molecule has 0 radical (unpaired) electrons. The van der Waals surface area contributed by atoms with Crippen molar-refractivity contribution >= 4 is 22.8 Å². The summed E-state index contributed by atoms with van der Waals surface area (Å²) in [6.07, 6.45) is 3.67. The first kappa shape index (κ1) is 18.5. The van der Waals surface area contributed by atoms with Crippen molar-refractivity contribution in [2.24, 2.45) is 0 Å². The normalized spacial score (nSPS) is 20.0. The maximum absolute atomic E-state index is 9.69. The number of pyridine rings is 2. The first-order chi connectivity index (χ1) is 14.6. The third-order valence-corrected chi connectivity index (χ3v) is 6.40. The molecule has 30 heavy (non-hydrogen) atoms. The third-order valence-electron chi connectivity index (χ3n) is 5.60. The smallest absolute Gasteiger partial charge is 0.141 e. The van der Waals surface area contributed by atoms with Gasteiger partial charge in [-0.3, -0.25) is 0 Å². The third kappa shape index (κ3) is 3.05. The fourth-order valence-electron chi connectivity index (χ4n) is 3.94. The van der Waals surface area contributed by atoms with Gasteiger partial charge in [0.25, 0.3) is 0 Å². The molecule has 5 rings (SSSR count). The molecule has 2 fully saturated rings. The zero-order chi connectivity index (χ0) is 20.7. The van der Waals surface area contributed by atoms with Crippen molar-refractivity contribution in [2.45, 2.75) is 18.4 Å². The summed E-state index contributed by atoms with van der Waals surface area (Å²) < 4.78 is 5.80. The summed E-state index contributed by atoms with van der Waals surface area (Å²) in [5.41, 5.74) is 8.45. The van der Waals surface area contributed by atoms with Gasteiger partial charge in [-0.2, -0.15) is 10.5 Å². The Morgan fingerprint density at radius 2 is 2.00 bits per heavy atom. The van der Waals surface area contributed by atoms with Crippen LogP contribution in [0.3, 0.4) is 0 Å². The second-order valence-corrected chi connectivity index (χ2v) is 8.33. The van der Waals surface area contributed by atoms with Crippen LogP contribution in [0.5, 0.6) is 0 Å². The molecule has 2 aliphatic rings. The minimum atomic E-state index is -0.0876. The zero-order valence-corrected chi connectivity index (χ0v) is 16.8. The van der Waals surface area contributed by atoms with Crippen molar-refractivity contribution < 1.29 is 4.74 Å². The van der Waals surface area contributed by atoms with E-state index in [1.54, 1.807) is 24.4 Å². The molecule has 0 bridgehead atoms. The zero-order valence-electron chi connectivity index (χ0n) is 16.0. The summed E-state index contributed by atoms with van der Waals surface area (Å²) in [4.78, 5) is 15.8. The molecule has 0 aromatic carbocycles. The summed E-state index contributed by atoms with van der Waals surface area (Å²) in [5.74, 6) is 0.681. The molecule has 148 valence electrons. The SMILES string of the molecule is N#Cc1cc(-c2nc(-c3nccs3)cc(N)c2C#N)nc(N2CCC3(CCO3)C2)c1. The van der Waals surface area contributed by atoms with Gasteiger partial charge in [0, 0.05) is 31.1 Å². The Hall–Kier alpha value is -3.53. The molecular formula is C21H17N7OS. The number of nitrogen functional groups attached to an aromatic ring is 1. The fourth-order valence-corrected chi connectivity index (χ4v) is 4.54. The van der Waals surface area contributed by atoms with Crippen LogP contribution >= 0.6 is 11.3 Å². The largest absolute Gasteiger partial charge is 0.398 e. The van der Waals surface area contributed by atoms with Gasteiger partial charge in [-0.25, -0.2) is 15.0 Å². The van der Waals surface area contributed by atoms with Gasteiger partial charge in [0.1, 0.15) is 33.8 Å². The molecule has 2 saturated heterocycles. The Bertz CT molecular complexity index is 1210. The maximum atomic E-state index is 9.69. The quantitative estimate of drug-likeness (QED) is 0.692. The molecule has 8 nitrogen and oxygen atoms in total. The number of aromatic nitrogens is 3. The molecule has 1 spiro atoms. The first-order valence-electron chi connectivity index (χ1n) is 9.53. The highest BCUT2D eigenvalue weighted by Gasteiger charge is 2.44. The summed E-state index contributed by atoms with van der Waals surface area (Å²) in [5, 5.41) is 21.8. The van der Waals surface area contributed by atoms with Gasteiger partial charge < -0.3 is 15.4 Å². The van der Waals surface area contributed by atoms with Crippen LogP contribution in [0, 0.1) is 22.7 Å². The van der Waals surface area contributed by atoms with E-state index in [-0.39, 0.29) is 11.2 Å². The average molecular weight is 415 g/mol. The highest BCUT2D eigenvalue weighted by atomic mass is 32.1. The second kappa shape index (κ2) is 7.06. The average Bonchev–Trinajstić information content (AvgIpc) is 3.43. The number of anilines is 2. The van der Waals surface area contributed by atoms with Gasteiger partial charge >= 0.3 is 0 Å². The highest BCUT2D eigenvalue weighted by molar-refractivity contribution is 7.13. The maximum Gasteiger partial charge on any atom is 0.141 e. The Labute approximate surface area is 177 Å². The molecule has 0 aliphatic carbocycles. The van der Waals surface area contributed by atoms with Crippen LogP contribution in [0.2, 0.25) is 0 Å². The van der Waals surface area contributed by atoms with Gasteiger partial charge in [0.2, 0.25) is 0 Å². The van der Waals surface area contributed by atoms with E-state index in [1.165, 1.54) is 11.3 Å². The van der Waals surface area contributed by atoms with Crippen LogP contribution in [-0.4, -0.2) is 40.2 Å². The van der Waals surface area contributed by atoms with E-state index in [4.69, 9.17) is 15.5 Å². The lowest BCUT2D eigenvalue weighted by molar-refractivity contribution is -0.130. The van der Waals surface area contributed by atoms with E-state index in [2.05, 4.69) is 27.0 Å². The van der Waals surface area contributed by atoms with Crippen molar-refractivity contribution in [1.29, 1.82) is 10.5 Å². The number of thiazole rings is 1. The molecule has 0 saturated carbocycles. The topological polar surface area (TPSA) is 125 Å². The predicted octanol–water partition coefficient (Wildman–Crippen LogP) is 2.96. The van der Waals surface area contributed by atoms with E-state index in [0.717, 1.165) is 32.5 Å². The summed E-state index contributed by atoms with van der Waals surface area (Å²) in [7, 11) is 0. The van der Waals surface area contributed by atoms with Gasteiger partial charge in [0.05, 0.1) is 35.2 Å². The Morgan fingerprint density at radius 3 is 2.63 bits per heavy atom. The van der Waals surface area contributed by atoms with E-state index < -0.39 is 0 Å². The van der Waals surface area contributed by atoms with E-state index >= 15 is 0 Å². The van der Waals surface area contributed by atoms with Gasteiger partial charge in [-0.1, -0.05) is 0 Å². The number of nitrogens with two attached hydrogens (primary N) is 1. The second-order valence-electron chi connectivity index (χ2n) is 7.43. The number of hydrogen-bond acceptors (Lipinski definition) is 9. The lowest BCUT2D eigenvalue weighted by atomic mass is 9.94. The molecule has 1 atom stereocenters. The Balaban J connectivity index is 1.62. The minimum absolute atomic E-state index is 0.0876. The van der Waals surface area contributed by atoms with Crippen molar-refractivity contribution in [3.63, 3.8) is 0 Å². The lowest BCUT2D eigenvalue weighted by Crippen LogP contribution is -2.46. The van der Waals surface area contributed by atoms with Gasteiger partial charge in [0.15, 0.2) is 0 Å². The van der Waals surface area contributed by atoms with Crippen LogP contribution in [0.25, 0.3) is 22.1 Å². The number of ether oxygens (including phenoxy) is 1. The molecular weight excluding hydrogens is 398 g/mol. The lowest BCUT2D eigenvalue weighted by Gasteiger charge is -2.38. The standard InChI is InChI=1S/C21H17N7OS/c22-10-13-7-16(26-18(8-13)28-4-1-21(12-28)2-5-29-21)19-14(11-23)15(24)9-17(27-19)20-25-3-6-30-20/h3,6-9H,1-2,4-5,12H2,(H2,24,27). The van der Waals surface area contributed by atoms with Crippen LogP contribution in [0.4, 0.5) is 11.5 Å². The van der Waals surface area contributed by atoms with Crippen molar-refractivity contribution in [1.82, 2.24) is 15.0 Å². The first-order valence-corrected chi connectivity index (χ1v) is 10.4. The molecule has 3 aromatic heterocycles. The Kier molecular flexibility index (Phi) is 4.35. The molecule has 5 heterocycles. The molecule has 2 N–H and O–H groups in total. The Morgan fingerprint density at radius 1 is 1.13 bits per heavy atom. The number of hydrogen-bond donors (Lipinski definition) is 1. The summed E-state index contributed by atoms with van der Waals surface area (Å²) >= 11 is 1.44. The van der Waals surface area contributed by atoms with Crippen LogP contribution in [0.1, 0.15) is 24.0 Å². The number of nitrogens with zero attached hydrogens (tertiary/aromatic N) is 6. The number of nitriles is 2. The predicted molar refractivity (Wildman–Crippen MR) is 113 cm³/mol. The molecule has 2 aliphatic heterocycles. The van der Waals surface area contributed by atoms with Crippen LogP contribution < -0.4 is 10.6 Å². The van der Waals surface area contributed by atoms with E-state index in [0.29, 0.717) is 39.2 Å². The van der Waals surface area contributed by atoms with Crippen LogP contribution in [0.15, 0.2) is 29.8 Å². The summed E-state index contributed by atoms with van der Waals surface area (Å²) in [6, 6.07) is 9.38. The molecule has 9 heteroatoms. The molecule has 1 unspecified atom stereocenters. The monoisotopic (exact) mass is 415 g/mol.